The molecule has 0 aliphatic carbocycles. The third-order valence-corrected chi connectivity index (χ3v) is 3.55. The standard InChI is InChI=1S/C14H19NO2/c1-8(2)13(16)10-5-6-12-11(7-10)9(3)14(17)15(12)4/h5-9,13,16H,1-4H3. The summed E-state index contributed by atoms with van der Waals surface area (Å²) in [5.41, 5.74) is 2.88. The Hall–Kier alpha value is -1.35. The molecule has 1 amide bonds. The van der Waals surface area contributed by atoms with E-state index in [1.165, 1.54) is 0 Å². The molecule has 92 valence electrons. The maximum absolute atomic E-state index is 11.8. The predicted octanol–water partition coefficient (Wildman–Crippen LogP) is 2.46. The first kappa shape index (κ1) is 12.1. The zero-order chi connectivity index (χ0) is 12.7. The number of likely N-dealkylation sites (N-methyl/N-ethyl adjacent to an activating group) is 1. The second-order valence-corrected chi connectivity index (χ2v) is 5.13. The summed E-state index contributed by atoms with van der Waals surface area (Å²) >= 11 is 0. The maximum atomic E-state index is 11.8. The minimum Gasteiger partial charge on any atom is -0.388 e. The topological polar surface area (TPSA) is 40.5 Å². The molecule has 3 nitrogen and oxygen atoms in total. The molecule has 0 bridgehead atoms. The fraction of sp³-hybridized carbons (Fsp3) is 0.500. The van der Waals surface area contributed by atoms with Crippen LogP contribution in [0.5, 0.6) is 0 Å². The molecular weight excluding hydrogens is 214 g/mol. The number of rotatable bonds is 2. The van der Waals surface area contributed by atoms with Crippen LogP contribution in [0.2, 0.25) is 0 Å². The highest BCUT2D eigenvalue weighted by atomic mass is 16.3. The Bertz CT molecular complexity index is 454. The van der Waals surface area contributed by atoms with Crippen molar-refractivity contribution in [3.8, 4) is 0 Å². The molecule has 2 rings (SSSR count). The SMILES string of the molecule is CC1C(=O)N(C)c2ccc(C(O)C(C)C)cc21. The van der Waals surface area contributed by atoms with Gasteiger partial charge in [-0.3, -0.25) is 4.79 Å². The number of carbonyl (C=O) groups is 1. The van der Waals surface area contributed by atoms with Crippen molar-refractivity contribution in [3.63, 3.8) is 0 Å². The maximum Gasteiger partial charge on any atom is 0.234 e. The predicted molar refractivity (Wildman–Crippen MR) is 68.1 cm³/mol. The number of aliphatic hydroxyl groups is 1. The van der Waals surface area contributed by atoms with Gasteiger partial charge in [-0.25, -0.2) is 0 Å². The van der Waals surface area contributed by atoms with Crippen molar-refractivity contribution in [1.29, 1.82) is 0 Å². The van der Waals surface area contributed by atoms with Gasteiger partial charge in [0.05, 0.1) is 12.0 Å². The van der Waals surface area contributed by atoms with Crippen molar-refractivity contribution in [1.82, 2.24) is 0 Å². The van der Waals surface area contributed by atoms with Crippen LogP contribution in [0.15, 0.2) is 18.2 Å². The van der Waals surface area contributed by atoms with Crippen LogP contribution in [0.4, 0.5) is 5.69 Å². The molecule has 1 aromatic rings. The van der Waals surface area contributed by atoms with Crippen molar-refractivity contribution >= 4 is 11.6 Å². The Morgan fingerprint density at radius 2 is 2.00 bits per heavy atom. The second-order valence-electron chi connectivity index (χ2n) is 5.13. The van der Waals surface area contributed by atoms with Gasteiger partial charge >= 0.3 is 0 Å². The summed E-state index contributed by atoms with van der Waals surface area (Å²) in [6.07, 6.45) is -0.464. The molecule has 1 aliphatic heterocycles. The molecule has 0 fully saturated rings. The van der Waals surface area contributed by atoms with Gasteiger partial charge in [0.1, 0.15) is 0 Å². The average Bonchev–Trinajstić information content (AvgIpc) is 2.53. The quantitative estimate of drug-likeness (QED) is 0.852. The minimum atomic E-state index is -0.464. The van der Waals surface area contributed by atoms with E-state index in [1.807, 2.05) is 39.0 Å². The van der Waals surface area contributed by atoms with Crippen molar-refractivity contribution in [2.45, 2.75) is 32.8 Å². The summed E-state index contributed by atoms with van der Waals surface area (Å²) in [7, 11) is 1.79. The fourth-order valence-corrected chi connectivity index (χ4v) is 2.34. The lowest BCUT2D eigenvalue weighted by Crippen LogP contribution is -2.22. The molecule has 1 aliphatic rings. The number of fused-ring (bicyclic) bond motifs is 1. The average molecular weight is 233 g/mol. The fourth-order valence-electron chi connectivity index (χ4n) is 2.34. The van der Waals surface area contributed by atoms with Crippen LogP contribution >= 0.6 is 0 Å². The van der Waals surface area contributed by atoms with Gasteiger partial charge in [-0.2, -0.15) is 0 Å². The highest BCUT2D eigenvalue weighted by Gasteiger charge is 2.32. The summed E-state index contributed by atoms with van der Waals surface area (Å²) in [4.78, 5) is 13.5. The number of carbonyl (C=O) groups excluding carboxylic acids is 1. The summed E-state index contributed by atoms with van der Waals surface area (Å²) in [5, 5.41) is 10.0. The van der Waals surface area contributed by atoms with Gasteiger partial charge in [0.15, 0.2) is 0 Å². The smallest absolute Gasteiger partial charge is 0.234 e. The monoisotopic (exact) mass is 233 g/mol. The zero-order valence-electron chi connectivity index (χ0n) is 10.8. The number of benzene rings is 1. The third kappa shape index (κ3) is 1.84. The van der Waals surface area contributed by atoms with E-state index >= 15 is 0 Å². The Kier molecular flexibility index (Phi) is 2.96. The van der Waals surface area contributed by atoms with E-state index < -0.39 is 6.10 Å². The normalized spacial score (nSPS) is 20.9. The molecule has 1 N–H and O–H groups in total. The van der Waals surface area contributed by atoms with E-state index in [0.29, 0.717) is 0 Å². The van der Waals surface area contributed by atoms with Crippen LogP contribution in [0, 0.1) is 5.92 Å². The van der Waals surface area contributed by atoms with E-state index in [-0.39, 0.29) is 17.7 Å². The molecule has 1 heterocycles. The van der Waals surface area contributed by atoms with Crippen LogP contribution < -0.4 is 4.90 Å². The van der Waals surface area contributed by atoms with E-state index in [4.69, 9.17) is 0 Å². The molecule has 0 aromatic heterocycles. The van der Waals surface area contributed by atoms with Gasteiger partial charge in [0, 0.05) is 12.7 Å². The number of anilines is 1. The Labute approximate surface area is 102 Å². The van der Waals surface area contributed by atoms with Gasteiger partial charge in [-0.05, 0) is 30.0 Å². The molecule has 0 saturated carbocycles. The first-order chi connectivity index (χ1) is 7.93. The van der Waals surface area contributed by atoms with E-state index in [9.17, 15) is 9.90 Å². The van der Waals surface area contributed by atoms with E-state index in [0.717, 1.165) is 16.8 Å². The lowest BCUT2D eigenvalue weighted by Gasteiger charge is -2.16. The number of hydrogen-bond acceptors (Lipinski definition) is 2. The molecule has 0 radical (unpaired) electrons. The lowest BCUT2D eigenvalue weighted by atomic mass is 9.94. The molecule has 1 aromatic carbocycles. The first-order valence-corrected chi connectivity index (χ1v) is 6.03. The van der Waals surface area contributed by atoms with Gasteiger partial charge in [-0.15, -0.1) is 0 Å². The second kappa shape index (κ2) is 4.15. The third-order valence-electron chi connectivity index (χ3n) is 3.55. The zero-order valence-corrected chi connectivity index (χ0v) is 10.8. The number of hydrogen-bond donors (Lipinski definition) is 1. The summed E-state index contributed by atoms with van der Waals surface area (Å²) in [5.74, 6) is 0.198. The number of amides is 1. The highest BCUT2D eigenvalue weighted by Crippen LogP contribution is 2.38. The molecule has 2 unspecified atom stereocenters. The van der Waals surface area contributed by atoms with Crippen molar-refractivity contribution in [2.24, 2.45) is 5.92 Å². The van der Waals surface area contributed by atoms with Gasteiger partial charge in [-0.1, -0.05) is 26.0 Å². The van der Waals surface area contributed by atoms with Gasteiger partial charge < -0.3 is 10.0 Å². The minimum absolute atomic E-state index is 0.102. The number of nitrogens with zero attached hydrogens (tertiary/aromatic N) is 1. The van der Waals surface area contributed by atoms with Gasteiger partial charge in [0.25, 0.3) is 0 Å². The molecule has 3 heteroatoms. The lowest BCUT2D eigenvalue weighted by molar-refractivity contribution is -0.118. The van der Waals surface area contributed by atoms with Crippen LogP contribution in [-0.4, -0.2) is 18.1 Å². The van der Waals surface area contributed by atoms with Crippen LogP contribution in [-0.2, 0) is 4.79 Å². The molecule has 17 heavy (non-hydrogen) atoms. The molecular formula is C14H19NO2. The van der Waals surface area contributed by atoms with E-state index in [1.54, 1.807) is 11.9 Å². The van der Waals surface area contributed by atoms with Crippen molar-refractivity contribution < 1.29 is 9.90 Å². The van der Waals surface area contributed by atoms with E-state index in [2.05, 4.69) is 0 Å². The highest BCUT2D eigenvalue weighted by molar-refractivity contribution is 6.04. The van der Waals surface area contributed by atoms with Gasteiger partial charge in [0.2, 0.25) is 5.91 Å². The Morgan fingerprint density at radius 3 is 2.59 bits per heavy atom. The van der Waals surface area contributed by atoms with Crippen LogP contribution in [0.1, 0.15) is 43.9 Å². The molecule has 0 spiro atoms. The Balaban J connectivity index is 2.43. The summed E-state index contributed by atoms with van der Waals surface area (Å²) < 4.78 is 0. The van der Waals surface area contributed by atoms with Crippen LogP contribution in [0.25, 0.3) is 0 Å². The van der Waals surface area contributed by atoms with Crippen molar-refractivity contribution in [2.75, 3.05) is 11.9 Å². The van der Waals surface area contributed by atoms with Crippen LogP contribution in [0.3, 0.4) is 0 Å². The first-order valence-electron chi connectivity index (χ1n) is 6.03. The Morgan fingerprint density at radius 1 is 1.35 bits per heavy atom. The molecule has 0 saturated heterocycles. The summed E-state index contributed by atoms with van der Waals surface area (Å²) in [6.45, 7) is 5.88. The number of aliphatic hydroxyl groups excluding tert-OH is 1. The molecule has 2 atom stereocenters. The van der Waals surface area contributed by atoms with Crippen molar-refractivity contribution in [3.05, 3.63) is 29.3 Å². The largest absolute Gasteiger partial charge is 0.388 e. The summed E-state index contributed by atoms with van der Waals surface area (Å²) in [6, 6.07) is 5.80.